The molecule has 152 valence electrons. The van der Waals surface area contributed by atoms with Crippen molar-refractivity contribution in [2.24, 2.45) is 0 Å². The van der Waals surface area contributed by atoms with Gasteiger partial charge in [0, 0.05) is 5.56 Å². The van der Waals surface area contributed by atoms with Crippen LogP contribution in [0, 0.1) is 0 Å². The molecular weight excluding hydrogens is 388 g/mol. The third-order valence-corrected chi connectivity index (χ3v) is 5.28. The number of para-hydroxylation sites is 1. The molecule has 7 nitrogen and oxygen atoms in total. The molecule has 0 radical (unpaired) electrons. The SMILES string of the molecule is OC1=C(O)C2(C=Cc3ccccc32)c2c(O)c(O)c(O)c(O)c21.Oc1ccccc1. The van der Waals surface area contributed by atoms with Crippen LogP contribution >= 0.6 is 0 Å². The quantitative estimate of drug-likeness (QED) is 0.221. The fourth-order valence-electron chi connectivity index (χ4n) is 3.89. The van der Waals surface area contributed by atoms with Crippen molar-refractivity contribution < 1.29 is 35.7 Å². The Morgan fingerprint density at radius 3 is 1.83 bits per heavy atom. The Morgan fingerprint density at radius 1 is 0.600 bits per heavy atom. The molecular formula is C23H18O7. The number of hydrogen-bond donors (Lipinski definition) is 7. The number of rotatable bonds is 0. The van der Waals surface area contributed by atoms with E-state index in [4.69, 9.17) is 5.11 Å². The molecule has 1 atom stereocenters. The van der Waals surface area contributed by atoms with Gasteiger partial charge in [-0.15, -0.1) is 0 Å². The first-order chi connectivity index (χ1) is 14.3. The molecule has 30 heavy (non-hydrogen) atoms. The van der Waals surface area contributed by atoms with Crippen LogP contribution in [-0.2, 0) is 5.41 Å². The van der Waals surface area contributed by atoms with Gasteiger partial charge in [-0.3, -0.25) is 0 Å². The molecule has 0 saturated carbocycles. The van der Waals surface area contributed by atoms with Crippen molar-refractivity contribution in [1.29, 1.82) is 0 Å². The van der Waals surface area contributed by atoms with Crippen molar-refractivity contribution in [3.8, 4) is 28.7 Å². The van der Waals surface area contributed by atoms with Crippen LogP contribution in [0.5, 0.6) is 28.7 Å². The fraction of sp³-hybridized carbons (Fsp3) is 0.0435. The molecule has 0 saturated heterocycles. The molecule has 0 aromatic heterocycles. The van der Waals surface area contributed by atoms with Gasteiger partial charge in [0.15, 0.2) is 23.0 Å². The Labute approximate surface area is 171 Å². The average Bonchev–Trinajstić information content (AvgIpc) is 3.24. The summed E-state index contributed by atoms with van der Waals surface area (Å²) >= 11 is 0. The van der Waals surface area contributed by atoms with E-state index in [0.29, 0.717) is 11.3 Å². The van der Waals surface area contributed by atoms with Crippen molar-refractivity contribution in [3.05, 3.63) is 88.7 Å². The van der Waals surface area contributed by atoms with Crippen LogP contribution in [0.1, 0.15) is 22.3 Å². The van der Waals surface area contributed by atoms with Crippen LogP contribution < -0.4 is 0 Å². The smallest absolute Gasteiger partial charge is 0.205 e. The molecule has 7 N–H and O–H groups in total. The number of phenols is 5. The highest BCUT2D eigenvalue weighted by molar-refractivity contribution is 5.90. The topological polar surface area (TPSA) is 142 Å². The Kier molecular flexibility index (Phi) is 4.24. The largest absolute Gasteiger partial charge is 0.508 e. The zero-order valence-corrected chi connectivity index (χ0v) is 15.5. The Bertz CT molecular complexity index is 1210. The van der Waals surface area contributed by atoms with E-state index < -0.39 is 39.9 Å². The summed E-state index contributed by atoms with van der Waals surface area (Å²) in [5.74, 6) is -4.24. The highest BCUT2D eigenvalue weighted by Crippen LogP contribution is 2.62. The average molecular weight is 406 g/mol. The third kappa shape index (κ3) is 2.45. The molecule has 3 aromatic rings. The van der Waals surface area contributed by atoms with Crippen LogP contribution in [0.25, 0.3) is 11.8 Å². The van der Waals surface area contributed by atoms with Crippen molar-refractivity contribution in [1.82, 2.24) is 0 Å². The molecule has 0 fully saturated rings. The van der Waals surface area contributed by atoms with E-state index in [1.165, 1.54) is 0 Å². The van der Waals surface area contributed by atoms with E-state index >= 15 is 0 Å². The number of fused-ring (bicyclic) bond motifs is 4. The lowest BCUT2D eigenvalue weighted by atomic mass is 9.76. The van der Waals surface area contributed by atoms with E-state index in [-0.39, 0.29) is 11.1 Å². The van der Waals surface area contributed by atoms with E-state index in [1.807, 2.05) is 6.07 Å². The summed E-state index contributed by atoms with van der Waals surface area (Å²) in [4.78, 5) is 0. The van der Waals surface area contributed by atoms with Gasteiger partial charge in [-0.1, -0.05) is 54.6 Å². The summed E-state index contributed by atoms with van der Waals surface area (Å²) in [6, 6.07) is 15.7. The van der Waals surface area contributed by atoms with E-state index in [9.17, 15) is 30.6 Å². The second kappa shape index (κ2) is 6.66. The highest BCUT2D eigenvalue weighted by atomic mass is 16.3. The van der Waals surface area contributed by atoms with Crippen LogP contribution in [0.4, 0.5) is 0 Å². The zero-order valence-electron chi connectivity index (χ0n) is 15.5. The predicted molar refractivity (Wildman–Crippen MR) is 110 cm³/mol. The first-order valence-electron chi connectivity index (χ1n) is 8.96. The number of benzene rings is 3. The first kappa shape index (κ1) is 19.1. The van der Waals surface area contributed by atoms with Crippen molar-refractivity contribution in [2.45, 2.75) is 5.41 Å². The van der Waals surface area contributed by atoms with Crippen LogP contribution in [0.15, 0.2) is 66.4 Å². The molecule has 0 heterocycles. The molecule has 2 aliphatic carbocycles. The summed E-state index contributed by atoms with van der Waals surface area (Å²) < 4.78 is 0. The minimum Gasteiger partial charge on any atom is -0.508 e. The van der Waals surface area contributed by atoms with Gasteiger partial charge < -0.3 is 35.7 Å². The lowest BCUT2D eigenvalue weighted by Crippen LogP contribution is -2.24. The molecule has 5 rings (SSSR count). The maximum Gasteiger partial charge on any atom is 0.205 e. The van der Waals surface area contributed by atoms with Gasteiger partial charge in [-0.25, -0.2) is 0 Å². The number of aliphatic hydroxyl groups excluding tert-OH is 2. The number of aromatic hydroxyl groups is 5. The van der Waals surface area contributed by atoms with Gasteiger partial charge in [-0.05, 0) is 23.3 Å². The second-order valence-corrected chi connectivity index (χ2v) is 6.91. The second-order valence-electron chi connectivity index (χ2n) is 6.91. The third-order valence-electron chi connectivity index (χ3n) is 5.28. The monoisotopic (exact) mass is 406 g/mol. The zero-order chi connectivity index (χ0) is 21.6. The van der Waals surface area contributed by atoms with Gasteiger partial charge >= 0.3 is 0 Å². The van der Waals surface area contributed by atoms with Gasteiger partial charge in [0.2, 0.25) is 11.5 Å². The highest BCUT2D eigenvalue weighted by Gasteiger charge is 2.53. The fourth-order valence-corrected chi connectivity index (χ4v) is 3.89. The van der Waals surface area contributed by atoms with Crippen LogP contribution in [0.3, 0.4) is 0 Å². The summed E-state index contributed by atoms with van der Waals surface area (Å²) in [6.07, 6.45) is 3.26. The Morgan fingerprint density at radius 2 is 1.20 bits per heavy atom. The van der Waals surface area contributed by atoms with E-state index in [0.717, 1.165) is 5.56 Å². The lowest BCUT2D eigenvalue weighted by Gasteiger charge is -2.26. The number of aliphatic hydroxyl groups is 2. The molecule has 1 spiro atoms. The van der Waals surface area contributed by atoms with Crippen LogP contribution in [0.2, 0.25) is 0 Å². The maximum atomic E-state index is 10.5. The Hall–Kier alpha value is -4.26. The van der Waals surface area contributed by atoms with Crippen LogP contribution in [-0.4, -0.2) is 35.7 Å². The van der Waals surface area contributed by atoms with E-state index in [2.05, 4.69) is 0 Å². The normalized spacial score (nSPS) is 18.1. The molecule has 0 aliphatic heterocycles. The predicted octanol–water partition coefficient (Wildman–Crippen LogP) is 4.01. The molecule has 0 amide bonds. The standard InChI is InChI=1S/C17H12O6.C6H6O/c18-11-9-10(13(20)15(22)14(11)21)17(16(23)12(9)19)6-5-7-3-1-2-4-8(7)17;7-6-4-2-1-3-5-6/h1-6,18-23H;1-5,7H. The van der Waals surface area contributed by atoms with Gasteiger partial charge in [-0.2, -0.15) is 0 Å². The van der Waals surface area contributed by atoms with Crippen molar-refractivity contribution in [3.63, 3.8) is 0 Å². The summed E-state index contributed by atoms with van der Waals surface area (Å²) in [5, 5.41) is 69.3. The summed E-state index contributed by atoms with van der Waals surface area (Å²) in [7, 11) is 0. The maximum absolute atomic E-state index is 10.5. The van der Waals surface area contributed by atoms with Crippen molar-refractivity contribution in [2.75, 3.05) is 0 Å². The van der Waals surface area contributed by atoms with Crippen molar-refractivity contribution >= 4 is 11.8 Å². The van der Waals surface area contributed by atoms with Gasteiger partial charge in [0.05, 0.1) is 5.56 Å². The number of allylic oxidation sites excluding steroid dienone is 1. The minimum atomic E-state index is -1.43. The van der Waals surface area contributed by atoms with Gasteiger partial charge in [0.25, 0.3) is 0 Å². The molecule has 1 unspecified atom stereocenters. The number of hydrogen-bond acceptors (Lipinski definition) is 7. The van der Waals surface area contributed by atoms with Gasteiger partial charge in [0.1, 0.15) is 11.2 Å². The molecule has 7 heteroatoms. The minimum absolute atomic E-state index is 0.0819. The molecule has 3 aromatic carbocycles. The Balaban J connectivity index is 0.000000265. The lowest BCUT2D eigenvalue weighted by molar-refractivity contribution is 0.330. The molecule has 2 aliphatic rings. The summed E-state index contributed by atoms with van der Waals surface area (Å²) in [5.41, 5.74) is -0.491. The number of phenolic OH excluding ortho intramolecular Hbond substituents is 5. The molecule has 0 bridgehead atoms. The summed E-state index contributed by atoms with van der Waals surface area (Å²) in [6.45, 7) is 0. The first-order valence-corrected chi connectivity index (χ1v) is 8.96. The van der Waals surface area contributed by atoms with E-state index in [1.54, 1.807) is 60.7 Å².